The van der Waals surface area contributed by atoms with E-state index in [1.807, 2.05) is 24.3 Å². The number of hydrogen-bond donors (Lipinski definition) is 1. The summed E-state index contributed by atoms with van der Waals surface area (Å²) in [5.74, 6) is 0.301. The number of rotatable bonds is 4. The third-order valence-corrected chi connectivity index (χ3v) is 3.06. The molecule has 0 aromatic heterocycles. The topological polar surface area (TPSA) is 20.2 Å². The van der Waals surface area contributed by atoms with Crippen LogP contribution in [-0.2, 0) is 0 Å². The van der Waals surface area contributed by atoms with Crippen LogP contribution in [0, 0.1) is 5.92 Å². The van der Waals surface area contributed by atoms with Gasteiger partial charge in [0.1, 0.15) is 0 Å². The van der Waals surface area contributed by atoms with Crippen molar-refractivity contribution >= 4 is 11.6 Å². The quantitative estimate of drug-likeness (QED) is 0.805. The van der Waals surface area contributed by atoms with Crippen molar-refractivity contribution in [2.45, 2.75) is 32.8 Å². The summed E-state index contributed by atoms with van der Waals surface area (Å²) in [4.78, 5) is 0. The fraction of sp³-hybridized carbons (Fsp3) is 0.500. The molecule has 0 aliphatic rings. The van der Waals surface area contributed by atoms with E-state index in [4.69, 9.17) is 11.6 Å². The molecule has 0 amide bonds. The monoisotopic (exact) mass is 212 g/mol. The van der Waals surface area contributed by atoms with Crippen LogP contribution in [0.3, 0.4) is 0 Å². The van der Waals surface area contributed by atoms with Gasteiger partial charge in [-0.15, -0.1) is 0 Å². The highest BCUT2D eigenvalue weighted by Gasteiger charge is 2.19. The lowest BCUT2D eigenvalue weighted by atomic mass is 9.91. The molecular weight excluding hydrogens is 196 g/mol. The van der Waals surface area contributed by atoms with Gasteiger partial charge in [0, 0.05) is 5.02 Å². The molecule has 14 heavy (non-hydrogen) atoms. The summed E-state index contributed by atoms with van der Waals surface area (Å²) < 4.78 is 0. The molecule has 0 saturated carbocycles. The van der Waals surface area contributed by atoms with Crippen LogP contribution >= 0.6 is 11.6 Å². The Morgan fingerprint density at radius 3 is 2.29 bits per heavy atom. The van der Waals surface area contributed by atoms with Gasteiger partial charge in [0.15, 0.2) is 0 Å². The molecule has 0 fully saturated rings. The Hall–Kier alpha value is -0.530. The van der Waals surface area contributed by atoms with E-state index in [-0.39, 0.29) is 0 Å². The highest BCUT2D eigenvalue weighted by molar-refractivity contribution is 6.31. The largest absolute Gasteiger partial charge is 0.388 e. The molecule has 78 valence electrons. The number of aliphatic hydroxyl groups is 1. The molecule has 0 spiro atoms. The highest BCUT2D eigenvalue weighted by atomic mass is 35.5. The molecular formula is C12H17ClO. The number of halogens is 1. The van der Waals surface area contributed by atoms with Crippen molar-refractivity contribution in [2.75, 3.05) is 0 Å². The van der Waals surface area contributed by atoms with Crippen LogP contribution in [0.5, 0.6) is 0 Å². The highest BCUT2D eigenvalue weighted by Crippen LogP contribution is 2.31. The summed E-state index contributed by atoms with van der Waals surface area (Å²) in [7, 11) is 0. The van der Waals surface area contributed by atoms with Crippen molar-refractivity contribution in [1.82, 2.24) is 0 Å². The van der Waals surface area contributed by atoms with E-state index in [1.165, 1.54) is 0 Å². The Morgan fingerprint density at radius 1 is 1.21 bits per heavy atom. The van der Waals surface area contributed by atoms with Gasteiger partial charge in [-0.25, -0.2) is 0 Å². The van der Waals surface area contributed by atoms with Crippen molar-refractivity contribution in [1.29, 1.82) is 0 Å². The molecule has 2 heteroatoms. The SMILES string of the molecule is CCC(CC)C(O)c1ccccc1Cl. The molecule has 1 rings (SSSR count). The van der Waals surface area contributed by atoms with E-state index in [1.54, 1.807) is 0 Å². The van der Waals surface area contributed by atoms with Gasteiger partial charge >= 0.3 is 0 Å². The van der Waals surface area contributed by atoms with Crippen LogP contribution in [0.1, 0.15) is 38.4 Å². The van der Waals surface area contributed by atoms with Gasteiger partial charge in [-0.05, 0) is 17.5 Å². The van der Waals surface area contributed by atoms with E-state index < -0.39 is 6.10 Å². The number of hydrogen-bond acceptors (Lipinski definition) is 1. The summed E-state index contributed by atoms with van der Waals surface area (Å²) in [6, 6.07) is 7.51. The van der Waals surface area contributed by atoms with Crippen LogP contribution in [0.2, 0.25) is 5.02 Å². The second-order valence-electron chi connectivity index (χ2n) is 3.54. The zero-order chi connectivity index (χ0) is 10.6. The maximum Gasteiger partial charge on any atom is 0.0832 e. The Bertz CT molecular complexity index is 281. The van der Waals surface area contributed by atoms with Crippen LogP contribution in [0.25, 0.3) is 0 Å². The number of benzene rings is 1. The second kappa shape index (κ2) is 5.38. The minimum atomic E-state index is -0.432. The first kappa shape index (κ1) is 11.5. The molecule has 0 heterocycles. The van der Waals surface area contributed by atoms with Gasteiger partial charge in [0.25, 0.3) is 0 Å². The van der Waals surface area contributed by atoms with Crippen molar-refractivity contribution in [3.63, 3.8) is 0 Å². The van der Waals surface area contributed by atoms with Gasteiger partial charge < -0.3 is 5.11 Å². The first-order chi connectivity index (χ1) is 6.70. The Balaban J connectivity index is 2.88. The molecule has 0 saturated heterocycles. The summed E-state index contributed by atoms with van der Waals surface area (Å²) in [6.07, 6.45) is 1.52. The smallest absolute Gasteiger partial charge is 0.0832 e. The lowest BCUT2D eigenvalue weighted by Crippen LogP contribution is -2.11. The maximum absolute atomic E-state index is 10.1. The minimum Gasteiger partial charge on any atom is -0.388 e. The Labute approximate surface area is 90.7 Å². The first-order valence-corrected chi connectivity index (χ1v) is 5.51. The molecule has 1 nitrogen and oxygen atoms in total. The van der Waals surface area contributed by atoms with Crippen molar-refractivity contribution in [3.05, 3.63) is 34.9 Å². The van der Waals surface area contributed by atoms with E-state index in [2.05, 4.69) is 13.8 Å². The van der Waals surface area contributed by atoms with E-state index in [0.29, 0.717) is 10.9 Å². The van der Waals surface area contributed by atoms with E-state index >= 15 is 0 Å². The van der Waals surface area contributed by atoms with Gasteiger partial charge in [0.2, 0.25) is 0 Å². The predicted octanol–water partition coefficient (Wildman–Crippen LogP) is 3.81. The van der Waals surface area contributed by atoms with Gasteiger partial charge in [-0.1, -0.05) is 56.5 Å². The molecule has 0 bridgehead atoms. The maximum atomic E-state index is 10.1. The zero-order valence-electron chi connectivity index (χ0n) is 8.70. The van der Waals surface area contributed by atoms with Crippen molar-refractivity contribution < 1.29 is 5.11 Å². The molecule has 1 N–H and O–H groups in total. The van der Waals surface area contributed by atoms with Crippen LogP contribution in [0.15, 0.2) is 24.3 Å². The fourth-order valence-electron chi connectivity index (χ4n) is 1.70. The average Bonchev–Trinajstić information content (AvgIpc) is 2.20. The second-order valence-corrected chi connectivity index (χ2v) is 3.95. The molecule has 1 atom stereocenters. The third kappa shape index (κ3) is 2.49. The molecule has 0 aliphatic heterocycles. The lowest BCUT2D eigenvalue weighted by Gasteiger charge is -2.21. The van der Waals surface area contributed by atoms with E-state index in [9.17, 15) is 5.11 Å². The normalized spacial score (nSPS) is 13.2. The zero-order valence-corrected chi connectivity index (χ0v) is 9.46. The molecule has 1 aromatic carbocycles. The molecule has 1 unspecified atom stereocenters. The molecule has 0 radical (unpaired) electrons. The standard InChI is InChI=1S/C12H17ClO/c1-3-9(4-2)12(14)10-7-5-6-8-11(10)13/h5-9,12,14H,3-4H2,1-2H3. The third-order valence-electron chi connectivity index (χ3n) is 2.72. The summed E-state index contributed by atoms with van der Waals surface area (Å²) in [5, 5.41) is 10.7. The van der Waals surface area contributed by atoms with Crippen molar-refractivity contribution in [3.8, 4) is 0 Å². The predicted molar refractivity (Wildman–Crippen MR) is 60.5 cm³/mol. The number of aliphatic hydroxyl groups excluding tert-OH is 1. The average molecular weight is 213 g/mol. The van der Waals surface area contributed by atoms with Gasteiger partial charge in [-0.2, -0.15) is 0 Å². The summed E-state index contributed by atoms with van der Waals surface area (Å²) >= 11 is 6.02. The molecule has 1 aromatic rings. The Morgan fingerprint density at radius 2 is 1.79 bits per heavy atom. The van der Waals surface area contributed by atoms with E-state index in [0.717, 1.165) is 18.4 Å². The molecule has 0 aliphatic carbocycles. The van der Waals surface area contributed by atoms with Crippen LogP contribution in [0.4, 0.5) is 0 Å². The summed E-state index contributed by atoms with van der Waals surface area (Å²) in [6.45, 7) is 4.18. The van der Waals surface area contributed by atoms with Crippen LogP contribution < -0.4 is 0 Å². The summed E-state index contributed by atoms with van der Waals surface area (Å²) in [5.41, 5.74) is 0.850. The first-order valence-electron chi connectivity index (χ1n) is 5.13. The van der Waals surface area contributed by atoms with Crippen molar-refractivity contribution in [2.24, 2.45) is 5.92 Å². The lowest BCUT2D eigenvalue weighted by molar-refractivity contribution is 0.103. The van der Waals surface area contributed by atoms with Crippen LogP contribution in [-0.4, -0.2) is 5.11 Å². The minimum absolute atomic E-state index is 0.301. The Kier molecular flexibility index (Phi) is 4.43. The van der Waals surface area contributed by atoms with Gasteiger partial charge in [0.05, 0.1) is 6.10 Å². The fourth-order valence-corrected chi connectivity index (χ4v) is 1.95. The van der Waals surface area contributed by atoms with Gasteiger partial charge in [-0.3, -0.25) is 0 Å².